The fraction of sp³-hybridized carbons (Fsp3) is 0.167. The molecule has 0 spiro atoms. The van der Waals surface area contributed by atoms with Crippen LogP contribution in [0.2, 0.25) is 0 Å². The van der Waals surface area contributed by atoms with Crippen molar-refractivity contribution >= 4 is 22.8 Å². The molecule has 0 radical (unpaired) electrons. The van der Waals surface area contributed by atoms with E-state index in [0.29, 0.717) is 22.1 Å². The quantitative estimate of drug-likeness (QED) is 0.568. The lowest BCUT2D eigenvalue weighted by molar-refractivity contribution is -0.400. The normalized spacial score (nSPS) is 11.6. The molecular formula is C18H15NO5. The fourth-order valence-corrected chi connectivity index (χ4v) is 2.73. The molecule has 0 amide bonds. The minimum absolute atomic E-state index is 0.232. The third-order valence-corrected chi connectivity index (χ3v) is 4.13. The highest BCUT2D eigenvalue weighted by atomic mass is 16.6. The Balaban J connectivity index is 2.40. The van der Waals surface area contributed by atoms with Crippen LogP contribution in [0.3, 0.4) is 0 Å². The Morgan fingerprint density at radius 2 is 1.79 bits per heavy atom. The number of hydrogen-bond donors (Lipinski definition) is 1. The number of carboxylic acids is 1. The average molecular weight is 325 g/mol. The number of furan rings is 1. The summed E-state index contributed by atoms with van der Waals surface area (Å²) in [6.07, 6.45) is 0. The number of nitro groups is 1. The molecular weight excluding hydrogens is 310 g/mol. The summed E-state index contributed by atoms with van der Waals surface area (Å²) in [5.74, 6) is -1.42. The lowest BCUT2D eigenvalue weighted by Crippen LogP contribution is -2.28. The van der Waals surface area contributed by atoms with Gasteiger partial charge in [-0.05, 0) is 19.4 Å². The molecule has 0 saturated heterocycles. The van der Waals surface area contributed by atoms with Crippen molar-refractivity contribution in [2.24, 2.45) is 0 Å². The zero-order chi connectivity index (χ0) is 17.5. The molecule has 1 N–H and O–H groups in total. The van der Waals surface area contributed by atoms with Crippen LogP contribution >= 0.6 is 0 Å². The van der Waals surface area contributed by atoms with Crippen molar-refractivity contribution in [2.45, 2.75) is 19.3 Å². The molecule has 122 valence electrons. The van der Waals surface area contributed by atoms with Crippen molar-refractivity contribution in [3.63, 3.8) is 0 Å². The van der Waals surface area contributed by atoms with E-state index in [-0.39, 0.29) is 11.5 Å². The van der Waals surface area contributed by atoms with Gasteiger partial charge >= 0.3 is 11.9 Å². The lowest BCUT2D eigenvalue weighted by atomic mass is 9.83. The van der Waals surface area contributed by atoms with E-state index in [4.69, 9.17) is 4.42 Å². The van der Waals surface area contributed by atoms with Crippen molar-refractivity contribution < 1.29 is 19.2 Å². The summed E-state index contributed by atoms with van der Waals surface area (Å²) in [5.41, 5.74) is 0.402. The van der Waals surface area contributed by atoms with E-state index >= 15 is 0 Å². The van der Waals surface area contributed by atoms with Gasteiger partial charge in [0.1, 0.15) is 16.1 Å². The maximum absolute atomic E-state index is 11.6. The highest BCUT2D eigenvalue weighted by Gasteiger charge is 2.35. The number of fused-ring (bicyclic) bond motifs is 1. The molecule has 0 unspecified atom stereocenters. The minimum atomic E-state index is -1.24. The van der Waals surface area contributed by atoms with Crippen LogP contribution in [0.4, 0.5) is 5.88 Å². The van der Waals surface area contributed by atoms with E-state index in [1.54, 1.807) is 56.3 Å². The molecule has 1 heterocycles. The van der Waals surface area contributed by atoms with Gasteiger partial charge < -0.3 is 9.52 Å². The number of aliphatic carboxylic acids is 1. The first-order valence-corrected chi connectivity index (χ1v) is 7.33. The Morgan fingerprint density at radius 1 is 1.12 bits per heavy atom. The molecule has 0 fully saturated rings. The Hall–Kier alpha value is -3.15. The number of nitrogens with zero attached hydrogens (tertiary/aromatic N) is 1. The predicted molar refractivity (Wildman–Crippen MR) is 89.0 cm³/mol. The third kappa shape index (κ3) is 2.32. The van der Waals surface area contributed by atoms with Gasteiger partial charge in [0.05, 0.1) is 5.41 Å². The highest BCUT2D eigenvalue weighted by Crippen LogP contribution is 2.43. The second-order valence-electron chi connectivity index (χ2n) is 6.02. The molecule has 2 aromatic carbocycles. The molecule has 1 aromatic heterocycles. The Kier molecular flexibility index (Phi) is 3.60. The van der Waals surface area contributed by atoms with Crippen molar-refractivity contribution in [1.29, 1.82) is 0 Å². The van der Waals surface area contributed by atoms with Gasteiger partial charge in [0.15, 0.2) is 0 Å². The summed E-state index contributed by atoms with van der Waals surface area (Å²) < 4.78 is 5.52. The minimum Gasteiger partial charge on any atom is -0.481 e. The summed E-state index contributed by atoms with van der Waals surface area (Å²) in [6, 6.07) is 13.9. The van der Waals surface area contributed by atoms with E-state index < -0.39 is 16.3 Å². The van der Waals surface area contributed by atoms with Crippen molar-refractivity contribution in [3.8, 4) is 11.1 Å². The second kappa shape index (κ2) is 5.49. The van der Waals surface area contributed by atoms with E-state index in [0.717, 1.165) is 0 Å². The van der Waals surface area contributed by atoms with Crippen LogP contribution in [0.25, 0.3) is 22.1 Å². The molecule has 0 atom stereocenters. The molecule has 3 aromatic rings. The maximum atomic E-state index is 11.6. The number of carboxylic acid groups (broad SMARTS) is 1. The van der Waals surface area contributed by atoms with E-state index in [2.05, 4.69) is 0 Å². The standard InChI is InChI=1S/C18H15NO5/c1-18(2,17(20)21)13-10-6-9-12-14(11-7-4-3-5-8-11)16(19(22)23)24-15(12)13/h3-10H,1-2H3,(H,20,21). The zero-order valence-electron chi connectivity index (χ0n) is 13.1. The first kappa shape index (κ1) is 15.7. The number of carbonyl (C=O) groups is 1. The summed E-state index contributed by atoms with van der Waals surface area (Å²) in [4.78, 5) is 22.5. The smallest absolute Gasteiger partial charge is 0.442 e. The van der Waals surface area contributed by atoms with Crippen LogP contribution < -0.4 is 0 Å². The van der Waals surface area contributed by atoms with Crippen molar-refractivity contribution in [3.05, 3.63) is 64.2 Å². The Bertz CT molecular complexity index is 941. The maximum Gasteiger partial charge on any atom is 0.442 e. The van der Waals surface area contributed by atoms with Gasteiger partial charge in [-0.25, -0.2) is 0 Å². The largest absolute Gasteiger partial charge is 0.481 e. The second-order valence-corrected chi connectivity index (χ2v) is 6.02. The van der Waals surface area contributed by atoms with Gasteiger partial charge in [-0.1, -0.05) is 48.5 Å². The number of para-hydroxylation sites is 1. The molecule has 0 bridgehead atoms. The molecule has 6 heteroatoms. The van der Waals surface area contributed by atoms with Gasteiger partial charge in [0, 0.05) is 10.9 Å². The molecule has 6 nitrogen and oxygen atoms in total. The molecule has 24 heavy (non-hydrogen) atoms. The SMILES string of the molecule is CC(C)(C(=O)O)c1cccc2c(-c3ccccc3)c([N+](=O)[O-])oc12. The van der Waals surface area contributed by atoms with Crippen LogP contribution in [-0.2, 0) is 10.2 Å². The number of hydrogen-bond acceptors (Lipinski definition) is 4. The summed E-state index contributed by atoms with van der Waals surface area (Å²) in [7, 11) is 0. The summed E-state index contributed by atoms with van der Waals surface area (Å²) >= 11 is 0. The van der Waals surface area contributed by atoms with Crippen molar-refractivity contribution in [2.75, 3.05) is 0 Å². The topological polar surface area (TPSA) is 93.6 Å². The zero-order valence-corrected chi connectivity index (χ0v) is 13.1. The first-order chi connectivity index (χ1) is 11.3. The summed E-state index contributed by atoms with van der Waals surface area (Å²) in [5, 5.41) is 21.5. The van der Waals surface area contributed by atoms with Crippen LogP contribution in [0.15, 0.2) is 52.9 Å². The average Bonchev–Trinajstić information content (AvgIpc) is 2.95. The van der Waals surface area contributed by atoms with Crippen LogP contribution in [0.1, 0.15) is 19.4 Å². The Morgan fingerprint density at radius 3 is 2.38 bits per heavy atom. The monoisotopic (exact) mass is 325 g/mol. The van der Waals surface area contributed by atoms with Gasteiger partial charge in [-0.3, -0.25) is 14.9 Å². The third-order valence-electron chi connectivity index (χ3n) is 4.13. The number of benzene rings is 2. The molecule has 0 aliphatic carbocycles. The van der Waals surface area contributed by atoms with Crippen LogP contribution in [-0.4, -0.2) is 16.0 Å². The predicted octanol–water partition coefficient (Wildman–Crippen LogP) is 4.37. The first-order valence-electron chi connectivity index (χ1n) is 7.33. The van der Waals surface area contributed by atoms with Gasteiger partial charge in [-0.15, -0.1) is 0 Å². The highest BCUT2D eigenvalue weighted by molar-refractivity contribution is 6.01. The molecule has 0 aliphatic rings. The van der Waals surface area contributed by atoms with E-state index in [1.807, 2.05) is 6.07 Å². The van der Waals surface area contributed by atoms with Crippen LogP contribution in [0.5, 0.6) is 0 Å². The van der Waals surface area contributed by atoms with Gasteiger partial charge in [0.2, 0.25) is 0 Å². The molecule has 0 aliphatic heterocycles. The fourth-order valence-electron chi connectivity index (χ4n) is 2.73. The van der Waals surface area contributed by atoms with Gasteiger partial charge in [0.25, 0.3) is 0 Å². The van der Waals surface area contributed by atoms with E-state index in [1.165, 1.54) is 0 Å². The molecule has 0 saturated carbocycles. The number of rotatable bonds is 4. The van der Waals surface area contributed by atoms with E-state index in [9.17, 15) is 20.0 Å². The molecule has 3 rings (SSSR count). The Labute approximate surface area is 137 Å². The van der Waals surface area contributed by atoms with Gasteiger partial charge in [-0.2, -0.15) is 0 Å². The van der Waals surface area contributed by atoms with Crippen molar-refractivity contribution in [1.82, 2.24) is 0 Å². The van der Waals surface area contributed by atoms with Crippen LogP contribution in [0, 0.1) is 10.1 Å². The summed E-state index contributed by atoms with van der Waals surface area (Å²) in [6.45, 7) is 3.08. The lowest BCUT2D eigenvalue weighted by Gasteiger charge is -2.19.